The average Bonchev–Trinajstić information content (AvgIpc) is 2.77. The molecule has 0 atom stereocenters. The molecule has 14 heavy (non-hydrogen) atoms. The Morgan fingerprint density at radius 3 is 3.14 bits per heavy atom. The summed E-state index contributed by atoms with van der Waals surface area (Å²) in [6, 6.07) is 4.21. The zero-order chi connectivity index (χ0) is 9.80. The van der Waals surface area contributed by atoms with E-state index in [4.69, 9.17) is 12.2 Å². The zero-order valence-corrected chi connectivity index (χ0v) is 9.77. The zero-order valence-electron chi connectivity index (χ0n) is 7.32. The normalized spacial score (nSPS) is 10.3. The van der Waals surface area contributed by atoms with Crippen LogP contribution in [0.2, 0.25) is 0 Å². The topological polar surface area (TPSA) is 40.7 Å². The van der Waals surface area contributed by atoms with Gasteiger partial charge in [-0.3, -0.25) is 5.10 Å². The van der Waals surface area contributed by atoms with Crippen molar-refractivity contribution in [1.29, 1.82) is 0 Å². The van der Waals surface area contributed by atoms with Gasteiger partial charge in [-0.1, -0.05) is 17.4 Å². The molecule has 2 aromatic heterocycles. The van der Waals surface area contributed by atoms with E-state index in [1.807, 2.05) is 0 Å². The highest BCUT2D eigenvalue weighted by atomic mass is 32.1. The second-order valence-corrected chi connectivity index (χ2v) is 5.37. The van der Waals surface area contributed by atoms with Crippen molar-refractivity contribution in [2.75, 3.05) is 11.9 Å². The molecule has 0 saturated heterocycles. The maximum absolute atomic E-state index is 4.93. The van der Waals surface area contributed by atoms with Crippen LogP contribution in [0.4, 0.5) is 5.13 Å². The Morgan fingerprint density at radius 2 is 2.50 bits per heavy atom. The SMILES string of the molecule is S=c1[nH]nc(NCCc2cccs2)s1. The largest absolute Gasteiger partial charge is 0.360 e. The fourth-order valence-corrected chi connectivity index (χ4v) is 2.58. The number of nitrogens with one attached hydrogen (secondary N) is 2. The van der Waals surface area contributed by atoms with Gasteiger partial charge in [0.1, 0.15) is 0 Å². The van der Waals surface area contributed by atoms with Crippen molar-refractivity contribution >= 4 is 40.0 Å². The Labute approximate surface area is 94.8 Å². The van der Waals surface area contributed by atoms with E-state index in [9.17, 15) is 0 Å². The second-order valence-electron chi connectivity index (χ2n) is 2.67. The molecule has 0 aliphatic heterocycles. The van der Waals surface area contributed by atoms with E-state index in [-0.39, 0.29) is 0 Å². The van der Waals surface area contributed by atoms with Crippen molar-refractivity contribution in [3.63, 3.8) is 0 Å². The predicted octanol–water partition coefficient (Wildman–Crippen LogP) is 2.92. The van der Waals surface area contributed by atoms with Gasteiger partial charge in [-0.05, 0) is 30.1 Å². The van der Waals surface area contributed by atoms with Crippen LogP contribution in [-0.4, -0.2) is 16.7 Å². The summed E-state index contributed by atoms with van der Waals surface area (Å²) in [5, 5.41) is 12.9. The molecule has 2 heterocycles. The molecule has 0 aromatic carbocycles. The van der Waals surface area contributed by atoms with E-state index >= 15 is 0 Å². The lowest BCUT2D eigenvalue weighted by atomic mass is 10.3. The Morgan fingerprint density at radius 1 is 1.57 bits per heavy atom. The van der Waals surface area contributed by atoms with Crippen LogP contribution in [0.3, 0.4) is 0 Å². The molecule has 74 valence electrons. The number of hydrogen-bond acceptors (Lipinski definition) is 5. The molecule has 0 amide bonds. The first kappa shape index (κ1) is 9.82. The van der Waals surface area contributed by atoms with Gasteiger partial charge in [0.25, 0.3) is 0 Å². The minimum atomic E-state index is 0.712. The van der Waals surface area contributed by atoms with E-state index < -0.39 is 0 Å². The van der Waals surface area contributed by atoms with E-state index in [1.165, 1.54) is 16.2 Å². The molecule has 2 aromatic rings. The summed E-state index contributed by atoms with van der Waals surface area (Å²) in [5.74, 6) is 0. The van der Waals surface area contributed by atoms with Crippen molar-refractivity contribution in [2.24, 2.45) is 0 Å². The number of rotatable bonds is 4. The highest BCUT2D eigenvalue weighted by Gasteiger charge is 1.97. The standard InChI is InChI=1S/C8H9N3S3/c12-8-11-10-7(14-8)9-4-3-6-2-1-5-13-6/h1-2,5H,3-4H2,(H,9,10)(H,11,12). The monoisotopic (exact) mass is 243 g/mol. The molecule has 3 nitrogen and oxygen atoms in total. The lowest BCUT2D eigenvalue weighted by Crippen LogP contribution is -2.03. The maximum atomic E-state index is 4.93. The minimum Gasteiger partial charge on any atom is -0.360 e. The molecule has 0 radical (unpaired) electrons. The third-order valence-corrected chi connectivity index (χ3v) is 3.65. The Balaban J connectivity index is 1.81. The van der Waals surface area contributed by atoms with Gasteiger partial charge in [-0.25, -0.2) is 0 Å². The molecule has 0 spiro atoms. The molecule has 0 bridgehead atoms. The smallest absolute Gasteiger partial charge is 0.204 e. The molecule has 2 N–H and O–H groups in total. The molecule has 2 rings (SSSR count). The number of hydrogen-bond donors (Lipinski definition) is 2. The van der Waals surface area contributed by atoms with Crippen LogP contribution < -0.4 is 5.32 Å². The summed E-state index contributed by atoms with van der Waals surface area (Å²) in [7, 11) is 0. The fourth-order valence-electron chi connectivity index (χ4n) is 1.05. The van der Waals surface area contributed by atoms with E-state index in [1.54, 1.807) is 11.3 Å². The molecule has 0 unspecified atom stereocenters. The van der Waals surface area contributed by atoms with Crippen LogP contribution in [0.1, 0.15) is 4.88 Å². The van der Waals surface area contributed by atoms with Gasteiger partial charge < -0.3 is 5.32 Å². The van der Waals surface area contributed by atoms with Crippen LogP contribution in [0, 0.1) is 3.95 Å². The number of thiophene rings is 1. The van der Waals surface area contributed by atoms with Crippen molar-refractivity contribution in [3.05, 3.63) is 26.3 Å². The third kappa shape index (κ3) is 2.63. The minimum absolute atomic E-state index is 0.712. The number of anilines is 1. The molecule has 0 aliphatic carbocycles. The average molecular weight is 243 g/mol. The first-order valence-electron chi connectivity index (χ1n) is 4.16. The summed E-state index contributed by atoms with van der Waals surface area (Å²) in [6.07, 6.45) is 1.03. The molecule has 6 heteroatoms. The van der Waals surface area contributed by atoms with Crippen LogP contribution in [-0.2, 0) is 6.42 Å². The van der Waals surface area contributed by atoms with Crippen LogP contribution in [0.5, 0.6) is 0 Å². The van der Waals surface area contributed by atoms with Crippen molar-refractivity contribution in [2.45, 2.75) is 6.42 Å². The first-order chi connectivity index (χ1) is 6.84. The first-order valence-corrected chi connectivity index (χ1v) is 6.27. The van der Waals surface area contributed by atoms with E-state index in [0.29, 0.717) is 3.95 Å². The lowest BCUT2D eigenvalue weighted by molar-refractivity contribution is 1.01. The number of nitrogens with zero attached hydrogens (tertiary/aromatic N) is 1. The van der Waals surface area contributed by atoms with Crippen molar-refractivity contribution < 1.29 is 0 Å². The molecular weight excluding hydrogens is 234 g/mol. The van der Waals surface area contributed by atoms with E-state index in [2.05, 4.69) is 33.0 Å². The Bertz CT molecular complexity index is 429. The molecule has 0 saturated carbocycles. The highest BCUT2D eigenvalue weighted by Crippen LogP contribution is 2.12. The summed E-state index contributed by atoms with van der Waals surface area (Å²) in [4.78, 5) is 1.39. The van der Waals surface area contributed by atoms with Gasteiger partial charge in [-0.2, -0.15) is 0 Å². The quantitative estimate of drug-likeness (QED) is 0.811. The Kier molecular flexibility index (Phi) is 3.28. The van der Waals surface area contributed by atoms with Crippen LogP contribution >= 0.6 is 34.9 Å². The Hall–Kier alpha value is -0.720. The lowest BCUT2D eigenvalue weighted by Gasteiger charge is -1.98. The maximum Gasteiger partial charge on any atom is 0.204 e. The molecule has 0 aliphatic rings. The number of H-pyrrole nitrogens is 1. The van der Waals surface area contributed by atoms with Crippen LogP contribution in [0.25, 0.3) is 0 Å². The summed E-state index contributed by atoms with van der Waals surface area (Å²) < 4.78 is 0.712. The highest BCUT2D eigenvalue weighted by molar-refractivity contribution is 7.73. The summed E-state index contributed by atoms with van der Waals surface area (Å²) >= 11 is 8.17. The van der Waals surface area contributed by atoms with Crippen LogP contribution in [0.15, 0.2) is 17.5 Å². The number of aromatic amines is 1. The van der Waals surface area contributed by atoms with Crippen molar-refractivity contribution in [3.8, 4) is 0 Å². The van der Waals surface area contributed by atoms with Gasteiger partial charge in [-0.15, -0.1) is 16.4 Å². The van der Waals surface area contributed by atoms with Gasteiger partial charge in [0, 0.05) is 11.4 Å². The van der Waals surface area contributed by atoms with Gasteiger partial charge in [0.05, 0.1) is 0 Å². The van der Waals surface area contributed by atoms with Gasteiger partial charge in [0.15, 0.2) is 3.95 Å². The van der Waals surface area contributed by atoms with E-state index in [0.717, 1.165) is 18.1 Å². The fraction of sp³-hybridized carbons (Fsp3) is 0.250. The number of aromatic nitrogens is 2. The molecule has 0 fully saturated rings. The third-order valence-electron chi connectivity index (χ3n) is 1.67. The molecular formula is C8H9N3S3. The van der Waals surface area contributed by atoms with Gasteiger partial charge >= 0.3 is 0 Å². The summed E-state index contributed by atoms with van der Waals surface area (Å²) in [5.41, 5.74) is 0. The van der Waals surface area contributed by atoms with Crippen molar-refractivity contribution in [1.82, 2.24) is 10.2 Å². The predicted molar refractivity (Wildman–Crippen MR) is 63.8 cm³/mol. The summed E-state index contributed by atoms with van der Waals surface area (Å²) in [6.45, 7) is 0.899. The second kappa shape index (κ2) is 4.68. The van der Waals surface area contributed by atoms with Gasteiger partial charge in [0.2, 0.25) is 5.13 Å².